The van der Waals surface area contributed by atoms with Crippen LogP contribution >= 0.6 is 0 Å². The molecule has 0 aromatic heterocycles. The number of halogens is 3. The Hall–Kier alpha value is -2.36. The van der Waals surface area contributed by atoms with Gasteiger partial charge in [0, 0.05) is 11.6 Å². The van der Waals surface area contributed by atoms with Gasteiger partial charge in [-0.2, -0.15) is 13.2 Å². The van der Waals surface area contributed by atoms with Crippen LogP contribution in [0.5, 0.6) is 5.75 Å². The quantitative estimate of drug-likeness (QED) is 0.490. The number of benzene rings is 1. The summed E-state index contributed by atoms with van der Waals surface area (Å²) in [6.45, 7) is -0.782. The molecule has 0 fully saturated rings. The number of phenols is 1. The highest BCUT2D eigenvalue weighted by Gasteiger charge is 2.26. The van der Waals surface area contributed by atoms with E-state index in [1.807, 2.05) is 0 Å². The molecule has 0 saturated heterocycles. The van der Waals surface area contributed by atoms with Crippen LogP contribution in [0.15, 0.2) is 18.2 Å². The largest absolute Gasteiger partial charge is 0.502 e. The summed E-state index contributed by atoms with van der Waals surface area (Å²) in [5, 5.41) is 19.7. The number of carbonyl (C=O) groups excluding carboxylic acids is 1. The molecule has 0 heterocycles. The van der Waals surface area contributed by atoms with Gasteiger partial charge in [-0.05, 0) is 12.1 Å². The lowest BCUT2D eigenvalue weighted by Crippen LogP contribution is -2.26. The molecule has 0 aliphatic heterocycles. The minimum atomic E-state index is -4.41. The monoisotopic (exact) mass is 294 g/mol. The molecule has 0 atom stereocenters. The van der Waals surface area contributed by atoms with Crippen LogP contribution in [0.4, 0.5) is 18.9 Å². The molecule has 7 nitrogen and oxygen atoms in total. The summed E-state index contributed by atoms with van der Waals surface area (Å²) >= 11 is 0. The van der Waals surface area contributed by atoms with Crippen LogP contribution in [0, 0.1) is 10.1 Å². The Morgan fingerprint density at radius 1 is 1.45 bits per heavy atom. The first-order valence-electron chi connectivity index (χ1n) is 5.17. The number of nitro groups is 1. The topological polar surface area (TPSA) is 102 Å². The van der Waals surface area contributed by atoms with E-state index in [9.17, 15) is 28.1 Å². The summed E-state index contributed by atoms with van der Waals surface area (Å²) in [4.78, 5) is 25.4. The second kappa shape index (κ2) is 6.19. The predicted octanol–water partition coefficient (Wildman–Crippen LogP) is 1.91. The van der Waals surface area contributed by atoms with Crippen LogP contribution in [0.25, 0.3) is 0 Å². The number of amides is 1. The number of aromatic hydroxyl groups is 1. The molecule has 0 unspecified atom stereocenters. The van der Waals surface area contributed by atoms with Crippen molar-refractivity contribution in [1.29, 1.82) is 0 Å². The van der Waals surface area contributed by atoms with E-state index in [1.165, 1.54) is 0 Å². The Labute approximate surface area is 110 Å². The van der Waals surface area contributed by atoms with Crippen molar-refractivity contribution in [3.8, 4) is 5.75 Å². The number of alkyl halides is 3. The average Bonchev–Trinajstić information content (AvgIpc) is 2.33. The van der Waals surface area contributed by atoms with Gasteiger partial charge in [-0.25, -0.2) is 5.48 Å². The van der Waals surface area contributed by atoms with Crippen molar-refractivity contribution in [2.24, 2.45) is 0 Å². The van der Waals surface area contributed by atoms with Gasteiger partial charge in [-0.15, -0.1) is 0 Å². The van der Waals surface area contributed by atoms with Gasteiger partial charge in [0.25, 0.3) is 5.91 Å². The highest BCUT2D eigenvalue weighted by atomic mass is 19.4. The molecule has 1 rings (SSSR count). The maximum atomic E-state index is 11.8. The number of hydrogen-bond acceptors (Lipinski definition) is 5. The Bertz CT molecular complexity index is 518. The van der Waals surface area contributed by atoms with Crippen molar-refractivity contribution in [3.05, 3.63) is 33.9 Å². The Morgan fingerprint density at radius 2 is 2.10 bits per heavy atom. The maximum absolute atomic E-state index is 11.8. The lowest BCUT2D eigenvalue weighted by atomic mass is 10.2. The van der Waals surface area contributed by atoms with E-state index in [4.69, 9.17) is 5.11 Å². The molecule has 0 saturated carbocycles. The van der Waals surface area contributed by atoms with Gasteiger partial charge >= 0.3 is 11.9 Å². The lowest BCUT2D eigenvalue weighted by Gasteiger charge is -2.08. The van der Waals surface area contributed by atoms with E-state index in [0.717, 1.165) is 18.2 Å². The normalized spacial score (nSPS) is 11.2. The number of nitrogens with zero attached hydrogens (tertiary/aromatic N) is 1. The highest BCUT2D eigenvalue weighted by molar-refractivity contribution is 5.94. The molecule has 2 N–H and O–H groups in total. The molecule has 20 heavy (non-hydrogen) atoms. The summed E-state index contributed by atoms with van der Waals surface area (Å²) in [6.07, 6.45) is -5.66. The van der Waals surface area contributed by atoms with Gasteiger partial charge in [0.15, 0.2) is 5.75 Å². The number of hydroxylamine groups is 1. The Kier molecular flexibility index (Phi) is 4.86. The molecular weight excluding hydrogens is 285 g/mol. The number of nitro benzene ring substituents is 1. The highest BCUT2D eigenvalue weighted by Crippen LogP contribution is 2.26. The van der Waals surface area contributed by atoms with E-state index < -0.39 is 41.5 Å². The van der Waals surface area contributed by atoms with Crippen molar-refractivity contribution in [2.45, 2.75) is 12.6 Å². The zero-order chi connectivity index (χ0) is 15.3. The standard InChI is InChI=1S/C10H9F3N2O5/c11-10(12,13)3-4-20-14-9(17)6-1-2-8(16)7(5-6)15(18)19/h1-2,5,16H,3-4H2,(H,14,17). The van der Waals surface area contributed by atoms with Crippen LogP contribution in [-0.4, -0.2) is 28.7 Å². The summed E-state index contributed by atoms with van der Waals surface area (Å²) in [6, 6.07) is 2.76. The number of rotatable bonds is 5. The number of nitrogens with one attached hydrogen (secondary N) is 1. The molecule has 1 amide bonds. The summed E-state index contributed by atoms with van der Waals surface area (Å²) < 4.78 is 35.4. The van der Waals surface area contributed by atoms with Crippen molar-refractivity contribution in [2.75, 3.05) is 6.61 Å². The lowest BCUT2D eigenvalue weighted by molar-refractivity contribution is -0.385. The molecule has 110 valence electrons. The van der Waals surface area contributed by atoms with Gasteiger partial charge in [-0.3, -0.25) is 19.7 Å². The van der Waals surface area contributed by atoms with Gasteiger partial charge < -0.3 is 5.11 Å². The van der Waals surface area contributed by atoms with Crippen LogP contribution in [-0.2, 0) is 4.84 Å². The first-order valence-corrected chi connectivity index (χ1v) is 5.17. The van der Waals surface area contributed by atoms with Crippen LogP contribution in [0.3, 0.4) is 0 Å². The molecule has 1 aromatic rings. The zero-order valence-electron chi connectivity index (χ0n) is 9.81. The molecular formula is C10H9F3N2O5. The molecule has 0 aliphatic rings. The first kappa shape index (κ1) is 15.7. The Balaban J connectivity index is 2.60. The minimum absolute atomic E-state index is 0.235. The number of carbonyl (C=O) groups is 1. The molecule has 1 aromatic carbocycles. The van der Waals surface area contributed by atoms with Crippen molar-refractivity contribution >= 4 is 11.6 Å². The van der Waals surface area contributed by atoms with Crippen molar-refractivity contribution < 1.29 is 32.8 Å². The smallest absolute Gasteiger partial charge is 0.391 e. The molecule has 0 spiro atoms. The summed E-state index contributed by atoms with van der Waals surface area (Å²) in [5.41, 5.74) is 0.778. The molecule has 0 bridgehead atoms. The fourth-order valence-electron chi connectivity index (χ4n) is 1.15. The van der Waals surface area contributed by atoms with E-state index in [1.54, 1.807) is 5.48 Å². The summed E-state index contributed by atoms with van der Waals surface area (Å²) in [7, 11) is 0. The SMILES string of the molecule is O=C(NOCCC(F)(F)F)c1ccc(O)c([N+](=O)[O-])c1. The van der Waals surface area contributed by atoms with Crippen LogP contribution in [0.2, 0.25) is 0 Å². The minimum Gasteiger partial charge on any atom is -0.502 e. The van der Waals surface area contributed by atoms with Gasteiger partial charge in [-0.1, -0.05) is 0 Å². The van der Waals surface area contributed by atoms with Crippen LogP contribution < -0.4 is 5.48 Å². The predicted molar refractivity (Wildman–Crippen MR) is 58.9 cm³/mol. The second-order valence-corrected chi connectivity index (χ2v) is 3.61. The van der Waals surface area contributed by atoms with Crippen molar-refractivity contribution in [3.63, 3.8) is 0 Å². The fourth-order valence-corrected chi connectivity index (χ4v) is 1.15. The van der Waals surface area contributed by atoms with E-state index in [-0.39, 0.29) is 5.56 Å². The second-order valence-electron chi connectivity index (χ2n) is 3.61. The number of hydrogen-bond donors (Lipinski definition) is 2. The maximum Gasteiger partial charge on any atom is 0.391 e. The molecule has 10 heteroatoms. The van der Waals surface area contributed by atoms with E-state index in [0.29, 0.717) is 0 Å². The van der Waals surface area contributed by atoms with E-state index >= 15 is 0 Å². The molecule has 0 radical (unpaired) electrons. The zero-order valence-corrected chi connectivity index (χ0v) is 9.81. The first-order chi connectivity index (χ1) is 9.20. The average molecular weight is 294 g/mol. The summed E-state index contributed by atoms with van der Waals surface area (Å²) in [5.74, 6) is -1.60. The third-order valence-corrected chi connectivity index (χ3v) is 2.09. The number of phenolic OH excluding ortho intramolecular Hbond substituents is 1. The van der Waals surface area contributed by atoms with Gasteiger partial charge in [0.2, 0.25) is 0 Å². The van der Waals surface area contributed by atoms with Gasteiger partial charge in [0.1, 0.15) is 0 Å². The Morgan fingerprint density at radius 3 is 2.65 bits per heavy atom. The van der Waals surface area contributed by atoms with Crippen LogP contribution in [0.1, 0.15) is 16.8 Å². The van der Waals surface area contributed by atoms with Gasteiger partial charge in [0.05, 0.1) is 18.0 Å². The molecule has 0 aliphatic carbocycles. The third kappa shape index (κ3) is 4.72. The van der Waals surface area contributed by atoms with E-state index in [2.05, 4.69) is 4.84 Å². The third-order valence-electron chi connectivity index (χ3n) is 2.09. The van der Waals surface area contributed by atoms with Crippen molar-refractivity contribution in [1.82, 2.24) is 5.48 Å². The fraction of sp³-hybridized carbons (Fsp3) is 0.300.